The summed E-state index contributed by atoms with van der Waals surface area (Å²) >= 11 is 0. The molecule has 2 aromatic heterocycles. The normalized spacial score (nSPS) is 20.8. The highest BCUT2D eigenvalue weighted by Crippen LogP contribution is 2.32. The summed E-state index contributed by atoms with van der Waals surface area (Å²) in [6.45, 7) is 2.82. The van der Waals surface area contributed by atoms with Crippen LogP contribution < -0.4 is 5.32 Å². The van der Waals surface area contributed by atoms with E-state index in [1.807, 2.05) is 24.4 Å². The molecule has 0 spiro atoms. The van der Waals surface area contributed by atoms with Crippen molar-refractivity contribution in [2.75, 3.05) is 13.1 Å². The number of imidazole rings is 1. The van der Waals surface area contributed by atoms with Gasteiger partial charge in [-0.25, -0.2) is 4.98 Å². The van der Waals surface area contributed by atoms with Crippen molar-refractivity contribution >= 4 is 16.9 Å². The van der Waals surface area contributed by atoms with Gasteiger partial charge in [-0.1, -0.05) is 31.0 Å². The van der Waals surface area contributed by atoms with Crippen LogP contribution >= 0.6 is 0 Å². The van der Waals surface area contributed by atoms with E-state index in [0.717, 1.165) is 49.5 Å². The molecule has 3 heterocycles. The number of hydrogen-bond acceptors (Lipinski definition) is 4. The van der Waals surface area contributed by atoms with Crippen LogP contribution in [0.25, 0.3) is 11.0 Å². The third-order valence-electron chi connectivity index (χ3n) is 7.53. The zero-order valence-electron chi connectivity index (χ0n) is 19.6. The molecule has 174 valence electrons. The molecule has 1 amide bonds. The summed E-state index contributed by atoms with van der Waals surface area (Å²) in [5, 5.41) is 3.40. The number of fused-ring (bicyclic) bond motifs is 1. The van der Waals surface area contributed by atoms with Crippen molar-refractivity contribution < 1.29 is 4.79 Å². The summed E-state index contributed by atoms with van der Waals surface area (Å²) < 4.78 is 2.21. The first-order chi connectivity index (χ1) is 16.2. The number of nitrogens with one attached hydrogen (secondary N) is 1. The third kappa shape index (κ3) is 5.11. The second-order valence-corrected chi connectivity index (χ2v) is 9.87. The molecule has 2 fully saturated rings. The molecule has 6 nitrogen and oxygen atoms in total. The van der Waals surface area contributed by atoms with E-state index < -0.39 is 0 Å². The molecule has 3 aromatic rings. The van der Waals surface area contributed by atoms with E-state index in [-0.39, 0.29) is 11.9 Å². The van der Waals surface area contributed by atoms with E-state index in [4.69, 9.17) is 4.98 Å². The highest BCUT2D eigenvalue weighted by atomic mass is 16.1. The Hall–Kier alpha value is -2.73. The minimum absolute atomic E-state index is 0.0386. The first-order valence-electron chi connectivity index (χ1n) is 12.5. The largest absolute Gasteiger partial charge is 0.347 e. The van der Waals surface area contributed by atoms with Crippen LogP contribution in [-0.2, 0) is 18.4 Å². The quantitative estimate of drug-likeness (QED) is 0.576. The van der Waals surface area contributed by atoms with Crippen molar-refractivity contribution in [1.29, 1.82) is 0 Å². The van der Waals surface area contributed by atoms with Gasteiger partial charge in [0.05, 0.1) is 29.3 Å². The topological polar surface area (TPSA) is 63.0 Å². The molecule has 1 aromatic carbocycles. The number of likely N-dealkylation sites (tertiary alicyclic amines) is 1. The highest BCUT2D eigenvalue weighted by molar-refractivity contribution is 5.77. The van der Waals surface area contributed by atoms with Crippen LogP contribution in [0.4, 0.5) is 0 Å². The Labute approximate surface area is 196 Å². The molecule has 0 unspecified atom stereocenters. The van der Waals surface area contributed by atoms with Crippen molar-refractivity contribution in [3.63, 3.8) is 0 Å². The number of piperidine rings is 1. The summed E-state index contributed by atoms with van der Waals surface area (Å²) in [5.74, 6) is 2.17. The molecule has 2 atom stereocenters. The monoisotopic (exact) mass is 445 g/mol. The molecule has 0 bridgehead atoms. The van der Waals surface area contributed by atoms with Crippen LogP contribution in [0.3, 0.4) is 0 Å². The summed E-state index contributed by atoms with van der Waals surface area (Å²) in [5.41, 5.74) is 3.20. The maximum Gasteiger partial charge on any atom is 0.220 e. The molecule has 6 heteroatoms. The molecular weight excluding hydrogens is 410 g/mol. The molecule has 1 saturated heterocycles. The minimum Gasteiger partial charge on any atom is -0.347 e. The average molecular weight is 446 g/mol. The fourth-order valence-corrected chi connectivity index (χ4v) is 5.75. The van der Waals surface area contributed by atoms with Crippen molar-refractivity contribution in [3.8, 4) is 0 Å². The third-order valence-corrected chi connectivity index (χ3v) is 7.53. The predicted octanol–water partition coefficient (Wildman–Crippen LogP) is 4.62. The second kappa shape index (κ2) is 10.0. The van der Waals surface area contributed by atoms with Crippen LogP contribution in [0, 0.1) is 11.8 Å². The number of carbonyl (C=O) groups is 1. The van der Waals surface area contributed by atoms with Gasteiger partial charge < -0.3 is 9.88 Å². The Kier molecular flexibility index (Phi) is 6.72. The number of aryl methyl sites for hydroxylation is 1. The first-order valence-corrected chi connectivity index (χ1v) is 12.5. The van der Waals surface area contributed by atoms with Gasteiger partial charge in [-0.3, -0.25) is 14.7 Å². The Morgan fingerprint density at radius 1 is 1.09 bits per heavy atom. The van der Waals surface area contributed by atoms with Gasteiger partial charge in [-0.15, -0.1) is 0 Å². The number of rotatable bonds is 7. The number of amides is 1. The number of para-hydroxylation sites is 2. The standard InChI is InChI=1S/C27H35N5O/c1-31-24-14-5-4-12-22(24)29-25(31)19-32-16-8-11-21(18-32)27(23-13-6-7-15-28-23)30-26(33)17-20-9-2-3-10-20/h4-7,12-15,20-21,27H,2-3,8-11,16-19H2,1H3,(H,30,33)/t21-,27-/m0/s1. The van der Waals surface area contributed by atoms with E-state index in [2.05, 4.69) is 51.1 Å². The van der Waals surface area contributed by atoms with Crippen LogP contribution in [0.5, 0.6) is 0 Å². The lowest BCUT2D eigenvalue weighted by Gasteiger charge is -2.37. The number of pyridine rings is 1. The average Bonchev–Trinajstić information content (AvgIpc) is 3.46. The van der Waals surface area contributed by atoms with Gasteiger partial charge in [0.25, 0.3) is 0 Å². The Bertz CT molecular complexity index is 1070. The van der Waals surface area contributed by atoms with E-state index in [1.54, 1.807) is 0 Å². The first kappa shape index (κ1) is 22.1. The number of benzene rings is 1. The molecule has 1 N–H and O–H groups in total. The van der Waals surface area contributed by atoms with Crippen molar-refractivity contribution in [2.45, 2.75) is 57.5 Å². The molecule has 1 saturated carbocycles. The SMILES string of the molecule is Cn1c(CN2CCC[C@H]([C@H](NC(=O)CC3CCCC3)c3ccccn3)C2)nc2ccccc21. The molecule has 33 heavy (non-hydrogen) atoms. The number of nitrogens with zero attached hydrogens (tertiary/aromatic N) is 4. The van der Waals surface area contributed by atoms with Crippen molar-refractivity contribution in [2.24, 2.45) is 18.9 Å². The lowest BCUT2D eigenvalue weighted by atomic mass is 9.88. The second-order valence-electron chi connectivity index (χ2n) is 9.87. The fraction of sp³-hybridized carbons (Fsp3) is 0.519. The van der Waals surface area contributed by atoms with Gasteiger partial charge >= 0.3 is 0 Å². The lowest BCUT2D eigenvalue weighted by molar-refractivity contribution is -0.123. The summed E-state index contributed by atoms with van der Waals surface area (Å²) in [6, 6.07) is 14.3. The van der Waals surface area contributed by atoms with Crippen molar-refractivity contribution in [3.05, 3.63) is 60.2 Å². The van der Waals surface area contributed by atoms with Gasteiger partial charge in [0.2, 0.25) is 5.91 Å². The number of aromatic nitrogens is 3. The van der Waals surface area contributed by atoms with Gasteiger partial charge in [0.1, 0.15) is 5.82 Å². The van der Waals surface area contributed by atoms with E-state index in [9.17, 15) is 4.79 Å². The fourth-order valence-electron chi connectivity index (χ4n) is 5.75. The predicted molar refractivity (Wildman–Crippen MR) is 130 cm³/mol. The smallest absolute Gasteiger partial charge is 0.220 e. The van der Waals surface area contributed by atoms with E-state index in [1.165, 1.54) is 31.2 Å². The summed E-state index contributed by atoms with van der Waals surface area (Å²) in [6.07, 6.45) is 9.63. The van der Waals surface area contributed by atoms with Crippen molar-refractivity contribution in [1.82, 2.24) is 24.8 Å². The number of hydrogen-bond donors (Lipinski definition) is 1. The van der Waals surface area contributed by atoms with Gasteiger partial charge in [0, 0.05) is 26.2 Å². The van der Waals surface area contributed by atoms with Crippen LogP contribution in [0.15, 0.2) is 48.7 Å². The minimum atomic E-state index is -0.0386. The number of carbonyl (C=O) groups excluding carboxylic acids is 1. The Balaban J connectivity index is 1.30. The van der Waals surface area contributed by atoms with Gasteiger partial charge in [-0.2, -0.15) is 0 Å². The van der Waals surface area contributed by atoms with Gasteiger partial charge in [0.15, 0.2) is 0 Å². The molecule has 1 aliphatic carbocycles. The maximum atomic E-state index is 13.0. The zero-order chi connectivity index (χ0) is 22.6. The van der Waals surface area contributed by atoms with Crippen LogP contribution in [0.2, 0.25) is 0 Å². The van der Waals surface area contributed by atoms with Crippen LogP contribution in [0.1, 0.15) is 62.5 Å². The lowest BCUT2D eigenvalue weighted by Crippen LogP contribution is -2.43. The molecule has 5 rings (SSSR count). The zero-order valence-corrected chi connectivity index (χ0v) is 19.6. The van der Waals surface area contributed by atoms with Crippen LogP contribution in [-0.4, -0.2) is 38.4 Å². The summed E-state index contributed by atoms with van der Waals surface area (Å²) in [7, 11) is 2.10. The molecular formula is C27H35N5O. The molecule has 0 radical (unpaired) electrons. The molecule has 1 aliphatic heterocycles. The Morgan fingerprint density at radius 3 is 2.70 bits per heavy atom. The van der Waals surface area contributed by atoms with E-state index >= 15 is 0 Å². The Morgan fingerprint density at radius 2 is 1.91 bits per heavy atom. The molecule has 2 aliphatic rings. The maximum absolute atomic E-state index is 13.0. The highest BCUT2D eigenvalue weighted by Gasteiger charge is 2.31. The van der Waals surface area contributed by atoms with Gasteiger partial charge in [-0.05, 0) is 68.3 Å². The van der Waals surface area contributed by atoms with E-state index in [0.29, 0.717) is 18.3 Å². The summed E-state index contributed by atoms with van der Waals surface area (Å²) in [4.78, 5) is 25.0.